The molecular weight excluding hydrogens is 688 g/mol. The Kier molecular flexibility index (Phi) is 9.86. The first-order valence-corrected chi connectivity index (χ1v) is 24.1. The second-order valence-corrected chi connectivity index (χ2v) is 26.6. The average molecular weight is 735 g/mol. The number of nitrogen functional groups attached to an aromatic ring is 1. The molecule has 0 spiro atoms. The fraction of sp³-hybridized carbons (Fsp3) is 0.359. The van der Waals surface area contributed by atoms with Gasteiger partial charge in [-0.3, -0.25) is 4.57 Å². The number of aromatic nitrogens is 7. The zero-order valence-corrected chi connectivity index (χ0v) is 33.7. The quantitative estimate of drug-likeness (QED) is 0.0889. The number of benzene rings is 2. The van der Waals surface area contributed by atoms with Gasteiger partial charge in [0, 0.05) is 44.7 Å². The van der Waals surface area contributed by atoms with Crippen LogP contribution in [0.3, 0.4) is 0 Å². The maximum absolute atomic E-state index is 15.8. The van der Waals surface area contributed by atoms with Crippen LogP contribution in [0.15, 0.2) is 55.0 Å². The van der Waals surface area contributed by atoms with E-state index in [4.69, 9.17) is 20.2 Å². The molecule has 52 heavy (non-hydrogen) atoms. The molecule has 0 aliphatic carbocycles. The van der Waals surface area contributed by atoms with E-state index in [0.717, 1.165) is 28.3 Å². The van der Waals surface area contributed by atoms with E-state index in [1.807, 2.05) is 36.7 Å². The van der Waals surface area contributed by atoms with Crippen molar-refractivity contribution in [3.63, 3.8) is 0 Å². The van der Waals surface area contributed by atoms with E-state index in [9.17, 15) is 0 Å². The summed E-state index contributed by atoms with van der Waals surface area (Å²) < 4.78 is 31.7. The molecule has 0 bridgehead atoms. The first-order chi connectivity index (χ1) is 24.4. The fourth-order valence-corrected chi connectivity index (χ4v) is 7.20. The van der Waals surface area contributed by atoms with E-state index >= 15 is 4.39 Å². The highest BCUT2D eigenvalue weighted by molar-refractivity contribution is 6.87. The Morgan fingerprint density at radius 2 is 1.69 bits per heavy atom. The van der Waals surface area contributed by atoms with Crippen LogP contribution in [-0.2, 0) is 18.5 Å². The maximum atomic E-state index is 15.8. The predicted octanol–water partition coefficient (Wildman–Crippen LogP) is 8.98. The largest absolute Gasteiger partial charge is 0.421 e. The van der Waals surface area contributed by atoms with Crippen molar-refractivity contribution in [3.8, 4) is 45.6 Å². The van der Waals surface area contributed by atoms with Gasteiger partial charge in [-0.05, 0) is 59.8 Å². The summed E-state index contributed by atoms with van der Waals surface area (Å²) in [6.07, 6.45) is 3.01. The Hall–Kier alpha value is -4.91. The standard InChI is InChI=1S/C39H47FN8O2Si2/c1-25-15-17-42-38(45-25)50-31-14-12-26(21-28(31)40)33-34-36(41)43-23-44-37(34)47(5)35(33)27-11-13-30-29(22-27)46-32(16-19-52(9,10)39(2,3)4)48(30)24-49-18-20-51(6,7)8/h11-15,17,21-23H,18,20,24H2,1-10H3,(H2,41,43,44). The summed E-state index contributed by atoms with van der Waals surface area (Å²) in [5.41, 5.74) is 16.1. The van der Waals surface area contributed by atoms with Crippen molar-refractivity contribution in [2.45, 2.75) is 78.2 Å². The van der Waals surface area contributed by atoms with Gasteiger partial charge >= 0.3 is 6.01 Å². The summed E-state index contributed by atoms with van der Waals surface area (Å²) in [6, 6.07) is 13.8. The van der Waals surface area contributed by atoms with Crippen LogP contribution in [0, 0.1) is 24.2 Å². The first kappa shape index (κ1) is 36.9. The van der Waals surface area contributed by atoms with Crippen LogP contribution in [-0.4, -0.2) is 56.8 Å². The monoisotopic (exact) mass is 734 g/mol. The molecule has 2 aromatic carbocycles. The summed E-state index contributed by atoms with van der Waals surface area (Å²) in [5.74, 6) is 3.86. The fourth-order valence-electron chi connectivity index (χ4n) is 5.64. The minimum Gasteiger partial charge on any atom is -0.421 e. The number of hydrogen-bond donors (Lipinski definition) is 1. The second kappa shape index (κ2) is 13.9. The van der Waals surface area contributed by atoms with Crippen LogP contribution in [0.4, 0.5) is 10.2 Å². The molecular formula is C39H47FN8O2Si2. The lowest BCUT2D eigenvalue weighted by molar-refractivity contribution is 0.0893. The summed E-state index contributed by atoms with van der Waals surface area (Å²) in [5, 5.41) is 0.725. The molecule has 0 radical (unpaired) electrons. The first-order valence-electron chi connectivity index (χ1n) is 17.4. The van der Waals surface area contributed by atoms with Gasteiger partial charge in [0.2, 0.25) is 0 Å². The molecule has 10 nitrogen and oxygen atoms in total. The Morgan fingerprint density at radius 1 is 0.942 bits per heavy atom. The van der Waals surface area contributed by atoms with Crippen LogP contribution < -0.4 is 10.5 Å². The number of nitrogens with zero attached hydrogens (tertiary/aromatic N) is 7. The summed E-state index contributed by atoms with van der Waals surface area (Å²) >= 11 is 0. The molecule has 0 atom stereocenters. The van der Waals surface area contributed by atoms with E-state index in [1.54, 1.807) is 24.4 Å². The van der Waals surface area contributed by atoms with Gasteiger partial charge in [0.15, 0.2) is 17.4 Å². The number of halogens is 1. The topological polar surface area (TPSA) is 119 Å². The minimum atomic E-state index is -1.92. The van der Waals surface area contributed by atoms with E-state index in [2.05, 4.69) is 89.5 Å². The van der Waals surface area contributed by atoms with Gasteiger partial charge < -0.3 is 19.8 Å². The van der Waals surface area contributed by atoms with Crippen molar-refractivity contribution < 1.29 is 13.9 Å². The van der Waals surface area contributed by atoms with Gasteiger partial charge in [-0.1, -0.05) is 65.6 Å². The Morgan fingerprint density at radius 3 is 2.38 bits per heavy atom. The highest BCUT2D eigenvalue weighted by Gasteiger charge is 2.34. The number of anilines is 1. The van der Waals surface area contributed by atoms with Gasteiger partial charge in [-0.2, -0.15) is 0 Å². The Bertz CT molecular complexity index is 2360. The normalized spacial score (nSPS) is 12.4. The summed E-state index contributed by atoms with van der Waals surface area (Å²) in [6.45, 7) is 21.3. The van der Waals surface area contributed by atoms with Crippen LogP contribution >= 0.6 is 0 Å². The summed E-state index contributed by atoms with van der Waals surface area (Å²) in [4.78, 5) is 22.3. The highest BCUT2D eigenvalue weighted by atomic mass is 28.3. The number of imidazole rings is 1. The molecule has 0 saturated heterocycles. The number of hydrogen-bond acceptors (Lipinski definition) is 8. The third-order valence-corrected chi connectivity index (χ3v) is 16.0. The second-order valence-electron chi connectivity index (χ2n) is 16.0. The molecule has 0 unspecified atom stereocenters. The predicted molar refractivity (Wildman–Crippen MR) is 212 cm³/mol. The maximum Gasteiger partial charge on any atom is 0.322 e. The van der Waals surface area contributed by atoms with Crippen LogP contribution in [0.2, 0.25) is 43.8 Å². The molecule has 0 aliphatic rings. The number of rotatable bonds is 9. The van der Waals surface area contributed by atoms with Gasteiger partial charge in [-0.15, -0.1) is 5.54 Å². The molecule has 2 N–H and O–H groups in total. The average Bonchev–Trinajstić information content (AvgIpc) is 3.56. The number of ether oxygens (including phenoxy) is 2. The zero-order valence-electron chi connectivity index (χ0n) is 31.7. The lowest BCUT2D eigenvalue weighted by atomic mass is 9.98. The molecule has 0 aliphatic heterocycles. The van der Waals surface area contributed by atoms with E-state index < -0.39 is 22.0 Å². The van der Waals surface area contributed by atoms with Crippen LogP contribution in [0.25, 0.3) is 44.5 Å². The van der Waals surface area contributed by atoms with Crippen molar-refractivity contribution in [2.24, 2.45) is 7.05 Å². The van der Waals surface area contributed by atoms with Gasteiger partial charge in [0.1, 0.15) is 32.6 Å². The van der Waals surface area contributed by atoms with Crippen molar-refractivity contribution in [2.75, 3.05) is 12.3 Å². The molecule has 0 amide bonds. The molecule has 6 rings (SSSR count). The van der Waals surface area contributed by atoms with Crippen molar-refractivity contribution in [1.29, 1.82) is 0 Å². The zero-order chi connectivity index (χ0) is 37.6. The Balaban J connectivity index is 1.47. The SMILES string of the molecule is Cc1ccnc(Oc2ccc(-c3c(-c4ccc5c(c4)nc(C#C[Si](C)(C)C(C)(C)C)n5COCC[Si](C)(C)C)n(C)c4ncnc(N)c34)cc2F)n1. The van der Waals surface area contributed by atoms with Crippen molar-refractivity contribution in [3.05, 3.63) is 72.3 Å². The minimum absolute atomic E-state index is 0.00530. The van der Waals surface area contributed by atoms with Crippen molar-refractivity contribution >= 4 is 44.0 Å². The third kappa shape index (κ3) is 7.50. The van der Waals surface area contributed by atoms with Crippen LogP contribution in [0.5, 0.6) is 11.8 Å². The third-order valence-electron chi connectivity index (χ3n) is 9.79. The smallest absolute Gasteiger partial charge is 0.322 e. The molecule has 0 saturated carbocycles. The number of nitrogens with two attached hydrogens (primary N) is 1. The van der Waals surface area contributed by atoms with Crippen LogP contribution in [0.1, 0.15) is 32.3 Å². The lowest BCUT2D eigenvalue weighted by Crippen LogP contribution is -2.35. The molecule has 4 heterocycles. The number of aryl methyl sites for hydroxylation is 2. The molecule has 6 aromatic rings. The van der Waals surface area contributed by atoms with Gasteiger partial charge in [0.25, 0.3) is 0 Å². The summed E-state index contributed by atoms with van der Waals surface area (Å²) in [7, 11) is -1.27. The van der Waals surface area contributed by atoms with Crippen molar-refractivity contribution in [1.82, 2.24) is 34.1 Å². The molecule has 270 valence electrons. The Labute approximate surface area is 306 Å². The molecule has 13 heteroatoms. The van der Waals surface area contributed by atoms with E-state index in [1.165, 1.54) is 12.4 Å². The van der Waals surface area contributed by atoms with Gasteiger partial charge in [0.05, 0.1) is 22.1 Å². The number of fused-ring (bicyclic) bond motifs is 2. The molecule has 0 fully saturated rings. The molecule has 4 aromatic heterocycles. The highest BCUT2D eigenvalue weighted by Crippen LogP contribution is 2.43. The van der Waals surface area contributed by atoms with E-state index in [0.29, 0.717) is 52.8 Å². The lowest BCUT2D eigenvalue weighted by Gasteiger charge is -2.31. The van der Waals surface area contributed by atoms with Gasteiger partial charge in [-0.25, -0.2) is 29.3 Å². The van der Waals surface area contributed by atoms with E-state index in [-0.39, 0.29) is 16.8 Å².